The molecule has 2 aromatic rings. The summed E-state index contributed by atoms with van der Waals surface area (Å²) in [6.45, 7) is 6.74. The Morgan fingerprint density at radius 3 is 2.46 bits per heavy atom. The van der Waals surface area contributed by atoms with Crippen LogP contribution in [0.5, 0.6) is 0 Å². The van der Waals surface area contributed by atoms with Crippen molar-refractivity contribution in [1.82, 2.24) is 5.48 Å². The Labute approximate surface area is 143 Å². The molecule has 4 heteroatoms. The van der Waals surface area contributed by atoms with Gasteiger partial charge in [-0.05, 0) is 68.9 Å². The lowest BCUT2D eigenvalue weighted by Gasteiger charge is -2.15. The topological polar surface area (TPSA) is 50.4 Å². The van der Waals surface area contributed by atoms with Crippen LogP contribution < -0.4 is 10.8 Å². The average molecular weight is 324 g/mol. The number of carbonyl (C=O) groups is 1. The van der Waals surface area contributed by atoms with Gasteiger partial charge < -0.3 is 5.32 Å². The number of amides is 1. The molecule has 0 atom stereocenters. The lowest BCUT2D eigenvalue weighted by Crippen LogP contribution is -2.25. The summed E-state index contributed by atoms with van der Waals surface area (Å²) < 4.78 is 0. The maximum absolute atomic E-state index is 12.4. The number of carbonyl (C=O) groups excluding carboxylic acids is 1. The fraction of sp³-hybridized carbons (Fsp3) is 0.350. The fourth-order valence-corrected chi connectivity index (χ4v) is 2.62. The molecule has 1 fully saturated rings. The van der Waals surface area contributed by atoms with Gasteiger partial charge in [-0.2, -0.15) is 0 Å². The molecule has 3 rings (SSSR count). The first-order chi connectivity index (χ1) is 11.5. The Morgan fingerprint density at radius 1 is 1.04 bits per heavy atom. The van der Waals surface area contributed by atoms with E-state index in [1.54, 1.807) is 0 Å². The number of anilines is 2. The van der Waals surface area contributed by atoms with Gasteiger partial charge in [0.2, 0.25) is 0 Å². The standard InChI is InChI=1S/C20H24N2O2/c1-13-5-9-18(15(3)10-13)21-19-11-14(2)4-8-17(19)20(23)22-24-12-16-6-7-16/h4-5,8-11,16,21H,6-7,12H2,1-3H3,(H,22,23). The second-order valence-corrected chi connectivity index (χ2v) is 6.68. The lowest BCUT2D eigenvalue weighted by atomic mass is 10.1. The molecule has 1 saturated carbocycles. The largest absolute Gasteiger partial charge is 0.355 e. The summed E-state index contributed by atoms with van der Waals surface area (Å²) in [6.07, 6.45) is 2.39. The van der Waals surface area contributed by atoms with Crippen molar-refractivity contribution in [3.8, 4) is 0 Å². The molecule has 4 nitrogen and oxygen atoms in total. The molecule has 1 aliphatic rings. The zero-order valence-corrected chi connectivity index (χ0v) is 14.5. The molecule has 0 radical (unpaired) electrons. The van der Waals surface area contributed by atoms with E-state index < -0.39 is 0 Å². The van der Waals surface area contributed by atoms with Gasteiger partial charge in [0.1, 0.15) is 0 Å². The quantitative estimate of drug-likeness (QED) is 0.773. The molecular formula is C20H24N2O2. The van der Waals surface area contributed by atoms with Gasteiger partial charge in [0.05, 0.1) is 17.9 Å². The number of nitrogens with one attached hydrogen (secondary N) is 2. The van der Waals surface area contributed by atoms with Crippen LogP contribution in [-0.4, -0.2) is 12.5 Å². The Balaban J connectivity index is 1.77. The van der Waals surface area contributed by atoms with E-state index in [9.17, 15) is 4.79 Å². The maximum atomic E-state index is 12.4. The SMILES string of the molecule is Cc1ccc(Nc2cc(C)ccc2C(=O)NOCC2CC2)c(C)c1. The predicted molar refractivity (Wildman–Crippen MR) is 96.5 cm³/mol. The van der Waals surface area contributed by atoms with Gasteiger partial charge in [0, 0.05) is 5.69 Å². The third-order valence-electron chi connectivity index (χ3n) is 4.25. The molecule has 2 N–H and O–H groups in total. The number of hydroxylamine groups is 1. The van der Waals surface area contributed by atoms with E-state index >= 15 is 0 Å². The van der Waals surface area contributed by atoms with E-state index in [-0.39, 0.29) is 5.91 Å². The number of aryl methyl sites for hydroxylation is 3. The van der Waals surface area contributed by atoms with Gasteiger partial charge in [-0.15, -0.1) is 0 Å². The molecule has 24 heavy (non-hydrogen) atoms. The van der Waals surface area contributed by atoms with Gasteiger partial charge >= 0.3 is 0 Å². The second kappa shape index (κ2) is 7.05. The van der Waals surface area contributed by atoms with Crippen molar-refractivity contribution < 1.29 is 9.63 Å². The van der Waals surface area contributed by atoms with Crippen molar-refractivity contribution in [2.75, 3.05) is 11.9 Å². The molecule has 1 aliphatic carbocycles. The monoisotopic (exact) mass is 324 g/mol. The van der Waals surface area contributed by atoms with E-state index in [0.717, 1.165) is 22.5 Å². The van der Waals surface area contributed by atoms with Crippen molar-refractivity contribution in [2.24, 2.45) is 5.92 Å². The number of hydrogen-bond donors (Lipinski definition) is 2. The van der Waals surface area contributed by atoms with Gasteiger partial charge in [0.25, 0.3) is 5.91 Å². The zero-order valence-electron chi connectivity index (χ0n) is 14.5. The number of hydrogen-bond acceptors (Lipinski definition) is 3. The Kier molecular flexibility index (Phi) is 4.86. The molecule has 0 saturated heterocycles. The third kappa shape index (κ3) is 4.15. The number of benzene rings is 2. The minimum Gasteiger partial charge on any atom is -0.355 e. The van der Waals surface area contributed by atoms with E-state index in [4.69, 9.17) is 4.84 Å². The fourth-order valence-electron chi connectivity index (χ4n) is 2.62. The third-order valence-corrected chi connectivity index (χ3v) is 4.25. The highest BCUT2D eigenvalue weighted by molar-refractivity contribution is 6.00. The molecule has 0 aromatic heterocycles. The van der Waals surface area contributed by atoms with E-state index in [0.29, 0.717) is 18.1 Å². The van der Waals surface area contributed by atoms with E-state index in [2.05, 4.69) is 36.8 Å². The summed E-state index contributed by atoms with van der Waals surface area (Å²) in [4.78, 5) is 17.8. The highest BCUT2D eigenvalue weighted by atomic mass is 16.7. The smallest absolute Gasteiger partial charge is 0.276 e. The van der Waals surface area contributed by atoms with Gasteiger partial charge in [0.15, 0.2) is 0 Å². The Hall–Kier alpha value is -2.33. The van der Waals surface area contributed by atoms with Crippen LogP contribution in [0.2, 0.25) is 0 Å². The minimum absolute atomic E-state index is 0.220. The van der Waals surface area contributed by atoms with Crippen LogP contribution in [0.1, 0.15) is 39.9 Å². The maximum Gasteiger partial charge on any atom is 0.276 e. The molecule has 0 spiro atoms. The summed E-state index contributed by atoms with van der Waals surface area (Å²) in [5, 5.41) is 3.38. The van der Waals surface area contributed by atoms with Gasteiger partial charge in [-0.1, -0.05) is 23.8 Å². The molecule has 1 amide bonds. The van der Waals surface area contributed by atoms with Crippen LogP contribution in [0.4, 0.5) is 11.4 Å². The summed E-state index contributed by atoms with van der Waals surface area (Å²) in [5.74, 6) is 0.388. The van der Waals surface area contributed by atoms with Crippen molar-refractivity contribution in [3.05, 3.63) is 58.7 Å². The van der Waals surface area contributed by atoms with Crippen LogP contribution >= 0.6 is 0 Å². The van der Waals surface area contributed by atoms with Gasteiger partial charge in [-0.25, -0.2) is 5.48 Å². The molecular weight excluding hydrogens is 300 g/mol. The van der Waals surface area contributed by atoms with Crippen LogP contribution in [0.25, 0.3) is 0 Å². The average Bonchev–Trinajstić information content (AvgIpc) is 3.34. The van der Waals surface area contributed by atoms with E-state index in [1.165, 1.54) is 18.4 Å². The van der Waals surface area contributed by atoms with Crippen LogP contribution in [0.15, 0.2) is 36.4 Å². The number of rotatable bonds is 6. The Bertz CT molecular complexity index is 751. The van der Waals surface area contributed by atoms with E-state index in [1.807, 2.05) is 31.2 Å². The van der Waals surface area contributed by atoms with Crippen molar-refractivity contribution in [2.45, 2.75) is 33.6 Å². The molecule has 0 heterocycles. The van der Waals surface area contributed by atoms with Crippen molar-refractivity contribution in [3.63, 3.8) is 0 Å². The second-order valence-electron chi connectivity index (χ2n) is 6.68. The Morgan fingerprint density at radius 2 is 1.75 bits per heavy atom. The first kappa shape index (κ1) is 16.5. The van der Waals surface area contributed by atoms with Crippen molar-refractivity contribution in [1.29, 1.82) is 0 Å². The van der Waals surface area contributed by atoms with Crippen molar-refractivity contribution >= 4 is 17.3 Å². The summed E-state index contributed by atoms with van der Waals surface area (Å²) in [7, 11) is 0. The summed E-state index contributed by atoms with van der Waals surface area (Å²) in [5.41, 5.74) is 8.38. The van der Waals surface area contributed by atoms with Crippen LogP contribution in [0.3, 0.4) is 0 Å². The summed E-state index contributed by atoms with van der Waals surface area (Å²) >= 11 is 0. The van der Waals surface area contributed by atoms with Crippen LogP contribution in [-0.2, 0) is 4.84 Å². The molecule has 2 aromatic carbocycles. The first-order valence-corrected chi connectivity index (χ1v) is 8.40. The predicted octanol–water partition coefficient (Wildman–Crippen LogP) is 4.43. The molecule has 126 valence electrons. The molecule has 0 bridgehead atoms. The van der Waals surface area contributed by atoms with Gasteiger partial charge in [-0.3, -0.25) is 9.63 Å². The molecule has 0 aliphatic heterocycles. The minimum atomic E-state index is -0.220. The highest BCUT2D eigenvalue weighted by Gasteiger charge is 2.22. The molecule has 0 unspecified atom stereocenters. The first-order valence-electron chi connectivity index (χ1n) is 8.40. The lowest BCUT2D eigenvalue weighted by molar-refractivity contribution is 0.0271. The zero-order chi connectivity index (χ0) is 17.1. The van der Waals surface area contributed by atoms with Crippen LogP contribution in [0, 0.1) is 26.7 Å². The summed E-state index contributed by atoms with van der Waals surface area (Å²) in [6, 6.07) is 12.0. The highest BCUT2D eigenvalue weighted by Crippen LogP contribution is 2.29. The normalized spacial score (nSPS) is 13.6.